The topological polar surface area (TPSA) is 27.3 Å². The number of benzene rings is 1. The number of hydrogen-bond acceptors (Lipinski definition) is 3. The van der Waals surface area contributed by atoms with Crippen molar-refractivity contribution in [3.05, 3.63) is 24.0 Å². The second-order valence-corrected chi connectivity index (χ2v) is 5.56. The molecule has 2 N–H and O–H groups in total. The van der Waals surface area contributed by atoms with Crippen LogP contribution in [0.4, 0.5) is 15.8 Å². The highest BCUT2D eigenvalue weighted by Gasteiger charge is 2.18. The van der Waals surface area contributed by atoms with Gasteiger partial charge < -0.3 is 15.5 Å². The maximum absolute atomic E-state index is 13.7. The molecule has 1 aliphatic rings. The van der Waals surface area contributed by atoms with Crippen LogP contribution in [0.15, 0.2) is 18.2 Å². The molecule has 1 fully saturated rings. The Morgan fingerprint density at radius 3 is 2.63 bits per heavy atom. The Kier molecular flexibility index (Phi) is 4.64. The number of piperidine rings is 1. The summed E-state index contributed by atoms with van der Waals surface area (Å²) >= 11 is 0. The van der Waals surface area contributed by atoms with Crippen LogP contribution in [0, 0.1) is 5.82 Å². The zero-order valence-electron chi connectivity index (χ0n) is 12.0. The summed E-state index contributed by atoms with van der Waals surface area (Å²) < 4.78 is 13.7. The highest BCUT2D eigenvalue weighted by Crippen LogP contribution is 2.25. The predicted octanol–water partition coefficient (Wildman–Crippen LogP) is 2.83. The lowest BCUT2D eigenvalue weighted by Gasteiger charge is -2.33. The van der Waals surface area contributed by atoms with E-state index in [0.29, 0.717) is 11.7 Å². The zero-order chi connectivity index (χ0) is 13.8. The lowest BCUT2D eigenvalue weighted by atomic mass is 10.0. The Balaban J connectivity index is 2.14. The van der Waals surface area contributed by atoms with Gasteiger partial charge in [-0.3, -0.25) is 0 Å². The second-order valence-electron chi connectivity index (χ2n) is 5.56. The van der Waals surface area contributed by atoms with Gasteiger partial charge in [-0.1, -0.05) is 0 Å². The molecule has 106 valence electrons. The van der Waals surface area contributed by atoms with Crippen LogP contribution in [0.2, 0.25) is 0 Å². The van der Waals surface area contributed by atoms with Crippen LogP contribution in [-0.4, -0.2) is 32.2 Å². The van der Waals surface area contributed by atoms with E-state index >= 15 is 0 Å². The first-order chi connectivity index (χ1) is 9.08. The molecule has 3 nitrogen and oxygen atoms in total. The van der Waals surface area contributed by atoms with E-state index in [1.807, 2.05) is 26.0 Å². The highest BCUT2D eigenvalue weighted by atomic mass is 19.1. The van der Waals surface area contributed by atoms with E-state index in [-0.39, 0.29) is 11.9 Å². The van der Waals surface area contributed by atoms with E-state index in [9.17, 15) is 4.39 Å². The lowest BCUT2D eigenvalue weighted by Crippen LogP contribution is -2.41. The number of hydrogen-bond donors (Lipinski definition) is 2. The van der Waals surface area contributed by atoms with Crippen molar-refractivity contribution in [1.29, 1.82) is 0 Å². The van der Waals surface area contributed by atoms with E-state index in [0.717, 1.165) is 31.6 Å². The third-order valence-corrected chi connectivity index (χ3v) is 3.66. The summed E-state index contributed by atoms with van der Waals surface area (Å²) in [7, 11) is 2.10. The van der Waals surface area contributed by atoms with Gasteiger partial charge in [0.1, 0.15) is 5.82 Å². The monoisotopic (exact) mass is 265 g/mol. The van der Waals surface area contributed by atoms with Gasteiger partial charge in [0.05, 0.1) is 5.69 Å². The fourth-order valence-corrected chi connectivity index (χ4v) is 2.56. The summed E-state index contributed by atoms with van der Waals surface area (Å²) in [6, 6.07) is 6.10. The molecule has 1 aliphatic heterocycles. The fraction of sp³-hybridized carbons (Fsp3) is 0.600. The van der Waals surface area contributed by atoms with Gasteiger partial charge in [0, 0.05) is 24.8 Å². The van der Waals surface area contributed by atoms with Crippen LogP contribution in [0.25, 0.3) is 0 Å². The normalized spacial score (nSPS) is 16.7. The van der Waals surface area contributed by atoms with E-state index in [1.165, 1.54) is 0 Å². The molecule has 1 aromatic carbocycles. The van der Waals surface area contributed by atoms with Crippen molar-refractivity contribution in [1.82, 2.24) is 5.32 Å². The molecule has 0 aromatic heterocycles. The van der Waals surface area contributed by atoms with Crippen LogP contribution >= 0.6 is 0 Å². The van der Waals surface area contributed by atoms with Crippen LogP contribution < -0.4 is 15.5 Å². The van der Waals surface area contributed by atoms with Gasteiger partial charge in [0.2, 0.25) is 0 Å². The first-order valence-electron chi connectivity index (χ1n) is 7.07. The molecule has 4 heteroatoms. The summed E-state index contributed by atoms with van der Waals surface area (Å²) in [5.41, 5.74) is 1.67. The summed E-state index contributed by atoms with van der Waals surface area (Å²) in [5, 5.41) is 6.53. The van der Waals surface area contributed by atoms with Gasteiger partial charge in [0.15, 0.2) is 0 Å². The quantitative estimate of drug-likeness (QED) is 0.876. The molecule has 1 heterocycles. The molecule has 0 saturated carbocycles. The van der Waals surface area contributed by atoms with Crippen LogP contribution in [-0.2, 0) is 0 Å². The first-order valence-corrected chi connectivity index (χ1v) is 7.07. The van der Waals surface area contributed by atoms with Gasteiger partial charge in [-0.2, -0.15) is 0 Å². The maximum atomic E-state index is 13.7. The number of rotatable bonds is 4. The Hall–Kier alpha value is -1.29. The number of nitrogens with zero attached hydrogens (tertiary/aromatic N) is 1. The molecule has 2 rings (SSSR count). The van der Waals surface area contributed by atoms with Crippen molar-refractivity contribution in [3.63, 3.8) is 0 Å². The number of halogens is 1. The summed E-state index contributed by atoms with van der Waals surface area (Å²) in [4.78, 5) is 2.27. The second kappa shape index (κ2) is 6.24. The third-order valence-electron chi connectivity index (χ3n) is 3.66. The molecule has 0 amide bonds. The molecule has 0 atom stereocenters. The van der Waals surface area contributed by atoms with Gasteiger partial charge in [-0.25, -0.2) is 4.39 Å². The molecular formula is C15H24FN3. The zero-order valence-corrected chi connectivity index (χ0v) is 12.0. The summed E-state index contributed by atoms with van der Waals surface area (Å²) in [6.45, 7) is 6.16. The maximum Gasteiger partial charge on any atom is 0.146 e. The average molecular weight is 265 g/mol. The molecular weight excluding hydrogens is 241 g/mol. The van der Waals surface area contributed by atoms with Gasteiger partial charge >= 0.3 is 0 Å². The standard InChI is InChI=1S/C15H24FN3/c1-11(2)18-15-10-13(4-5-14(15)16)19(3)12-6-8-17-9-7-12/h4-5,10-12,17-18H,6-9H2,1-3H3. The third kappa shape index (κ3) is 3.60. The van der Waals surface area contributed by atoms with Crippen molar-refractivity contribution >= 4 is 11.4 Å². The van der Waals surface area contributed by atoms with E-state index < -0.39 is 0 Å². The fourth-order valence-electron chi connectivity index (χ4n) is 2.56. The van der Waals surface area contributed by atoms with E-state index in [2.05, 4.69) is 22.6 Å². The minimum absolute atomic E-state index is 0.184. The summed E-state index contributed by atoms with van der Waals surface area (Å²) in [5.74, 6) is -0.184. The van der Waals surface area contributed by atoms with Crippen LogP contribution in [0.1, 0.15) is 26.7 Å². The Morgan fingerprint density at radius 2 is 2.00 bits per heavy atom. The molecule has 0 bridgehead atoms. The number of anilines is 2. The predicted molar refractivity (Wildman–Crippen MR) is 79.5 cm³/mol. The van der Waals surface area contributed by atoms with Crippen LogP contribution in [0.3, 0.4) is 0 Å². The van der Waals surface area contributed by atoms with Crippen molar-refractivity contribution < 1.29 is 4.39 Å². The van der Waals surface area contributed by atoms with Gasteiger partial charge in [-0.15, -0.1) is 0 Å². The Labute approximate surface area is 115 Å². The first kappa shape index (κ1) is 14.1. The molecule has 0 radical (unpaired) electrons. The largest absolute Gasteiger partial charge is 0.380 e. The van der Waals surface area contributed by atoms with Crippen LogP contribution in [0.5, 0.6) is 0 Å². The molecule has 1 aromatic rings. The highest BCUT2D eigenvalue weighted by molar-refractivity contribution is 5.59. The molecule has 0 spiro atoms. The Bertz CT molecular complexity index is 414. The lowest BCUT2D eigenvalue weighted by molar-refractivity contribution is 0.443. The number of nitrogens with one attached hydrogen (secondary N) is 2. The smallest absolute Gasteiger partial charge is 0.146 e. The molecule has 0 aliphatic carbocycles. The summed E-state index contributed by atoms with van der Waals surface area (Å²) in [6.07, 6.45) is 2.28. The van der Waals surface area contributed by atoms with Crippen molar-refractivity contribution in [3.8, 4) is 0 Å². The van der Waals surface area contributed by atoms with Crippen molar-refractivity contribution in [2.75, 3.05) is 30.4 Å². The van der Waals surface area contributed by atoms with Crippen molar-refractivity contribution in [2.45, 2.75) is 38.8 Å². The molecule has 1 saturated heterocycles. The van der Waals surface area contributed by atoms with E-state index in [1.54, 1.807) is 6.07 Å². The van der Waals surface area contributed by atoms with E-state index in [4.69, 9.17) is 0 Å². The molecule has 0 unspecified atom stereocenters. The average Bonchev–Trinajstić information content (AvgIpc) is 2.41. The molecule has 19 heavy (non-hydrogen) atoms. The van der Waals surface area contributed by atoms with Gasteiger partial charge in [-0.05, 0) is 58.0 Å². The van der Waals surface area contributed by atoms with Crippen molar-refractivity contribution in [2.24, 2.45) is 0 Å². The Morgan fingerprint density at radius 1 is 1.32 bits per heavy atom. The minimum Gasteiger partial charge on any atom is -0.380 e. The SMILES string of the molecule is CC(C)Nc1cc(N(C)C2CCNCC2)ccc1F. The van der Waals surface area contributed by atoms with Gasteiger partial charge in [0.25, 0.3) is 0 Å². The minimum atomic E-state index is -0.184.